The zero-order valence-corrected chi connectivity index (χ0v) is 10.5. The predicted octanol–water partition coefficient (Wildman–Crippen LogP) is 1.64. The molecule has 0 aromatic rings. The van der Waals surface area contributed by atoms with Gasteiger partial charge in [-0.1, -0.05) is 0 Å². The van der Waals surface area contributed by atoms with Crippen molar-refractivity contribution in [2.24, 2.45) is 5.92 Å². The molecular formula is C12H21F3N2O. The minimum Gasteiger partial charge on any atom is -0.377 e. The van der Waals surface area contributed by atoms with Crippen LogP contribution in [0.3, 0.4) is 0 Å². The van der Waals surface area contributed by atoms with Crippen LogP contribution in [0.5, 0.6) is 0 Å². The number of alkyl halides is 3. The van der Waals surface area contributed by atoms with Gasteiger partial charge in [0, 0.05) is 19.7 Å². The Bertz CT molecular complexity index is 254. The molecule has 0 amide bonds. The molecule has 6 heteroatoms. The molecule has 0 spiro atoms. The van der Waals surface area contributed by atoms with Crippen LogP contribution in [0, 0.1) is 5.92 Å². The molecule has 2 atom stereocenters. The fraction of sp³-hybridized carbons (Fsp3) is 1.00. The lowest BCUT2D eigenvalue weighted by molar-refractivity contribution is -0.143. The predicted molar refractivity (Wildman–Crippen MR) is 62.4 cm³/mol. The van der Waals surface area contributed by atoms with Crippen molar-refractivity contribution in [1.82, 2.24) is 10.2 Å². The molecule has 2 aliphatic heterocycles. The Labute approximate surface area is 106 Å². The molecule has 2 saturated heterocycles. The van der Waals surface area contributed by atoms with Crippen LogP contribution in [0.2, 0.25) is 0 Å². The average molecular weight is 266 g/mol. The fourth-order valence-corrected chi connectivity index (χ4v) is 2.73. The lowest BCUT2D eigenvalue weighted by Gasteiger charge is -2.18. The van der Waals surface area contributed by atoms with Gasteiger partial charge >= 0.3 is 6.18 Å². The fourth-order valence-electron chi connectivity index (χ4n) is 2.73. The molecule has 0 aliphatic carbocycles. The summed E-state index contributed by atoms with van der Waals surface area (Å²) in [6.07, 6.45) is -0.695. The maximum Gasteiger partial charge on any atom is 0.401 e. The Morgan fingerprint density at radius 3 is 2.72 bits per heavy atom. The van der Waals surface area contributed by atoms with Crippen LogP contribution in [-0.2, 0) is 4.74 Å². The van der Waals surface area contributed by atoms with Crippen molar-refractivity contribution in [3.63, 3.8) is 0 Å². The molecule has 106 valence electrons. The number of hydrogen-bond acceptors (Lipinski definition) is 3. The molecule has 1 N–H and O–H groups in total. The van der Waals surface area contributed by atoms with Crippen molar-refractivity contribution in [2.75, 3.05) is 39.3 Å². The molecule has 0 bridgehead atoms. The van der Waals surface area contributed by atoms with Crippen molar-refractivity contribution in [3.8, 4) is 0 Å². The van der Waals surface area contributed by atoms with E-state index in [1.165, 1.54) is 4.90 Å². The molecule has 0 aromatic heterocycles. The van der Waals surface area contributed by atoms with Crippen LogP contribution >= 0.6 is 0 Å². The number of likely N-dealkylation sites (tertiary alicyclic amines) is 1. The Hall–Kier alpha value is -0.330. The van der Waals surface area contributed by atoms with Crippen LogP contribution in [-0.4, -0.2) is 56.5 Å². The van der Waals surface area contributed by atoms with E-state index in [-0.39, 0.29) is 0 Å². The minimum atomic E-state index is -4.07. The Balaban J connectivity index is 1.57. The molecule has 2 aliphatic rings. The second-order valence-corrected chi connectivity index (χ2v) is 5.30. The summed E-state index contributed by atoms with van der Waals surface area (Å²) in [7, 11) is 0. The van der Waals surface area contributed by atoms with Gasteiger partial charge in [-0.2, -0.15) is 13.2 Å². The number of nitrogens with one attached hydrogen (secondary N) is 1. The third-order valence-electron chi connectivity index (χ3n) is 3.60. The first-order valence-electron chi connectivity index (χ1n) is 6.64. The van der Waals surface area contributed by atoms with E-state index in [2.05, 4.69) is 5.32 Å². The first kappa shape index (κ1) is 14.1. The van der Waals surface area contributed by atoms with E-state index in [1.54, 1.807) is 0 Å². The van der Waals surface area contributed by atoms with Gasteiger partial charge in [-0.15, -0.1) is 0 Å². The van der Waals surface area contributed by atoms with Crippen molar-refractivity contribution in [1.29, 1.82) is 0 Å². The second-order valence-electron chi connectivity index (χ2n) is 5.30. The van der Waals surface area contributed by atoms with Crippen LogP contribution in [0.4, 0.5) is 13.2 Å². The summed E-state index contributed by atoms with van der Waals surface area (Å²) >= 11 is 0. The minimum absolute atomic E-state index is 0.303. The highest BCUT2D eigenvalue weighted by atomic mass is 19.4. The average Bonchev–Trinajstić information content (AvgIpc) is 2.88. The van der Waals surface area contributed by atoms with Crippen LogP contribution in [0.15, 0.2) is 0 Å². The molecule has 2 unspecified atom stereocenters. The zero-order valence-electron chi connectivity index (χ0n) is 10.5. The van der Waals surface area contributed by atoms with Gasteiger partial charge in [0.15, 0.2) is 0 Å². The van der Waals surface area contributed by atoms with Gasteiger partial charge in [0.25, 0.3) is 0 Å². The van der Waals surface area contributed by atoms with Crippen molar-refractivity contribution >= 4 is 0 Å². The summed E-state index contributed by atoms with van der Waals surface area (Å²) in [6.45, 7) is 2.82. The molecule has 2 rings (SSSR count). The summed E-state index contributed by atoms with van der Waals surface area (Å²) in [4.78, 5) is 1.50. The molecule has 2 heterocycles. The highest BCUT2D eigenvalue weighted by molar-refractivity contribution is 4.79. The lowest BCUT2D eigenvalue weighted by atomic mass is 10.1. The first-order valence-corrected chi connectivity index (χ1v) is 6.64. The van der Waals surface area contributed by atoms with Gasteiger partial charge in [0.1, 0.15) is 0 Å². The molecule has 0 saturated carbocycles. The number of ether oxygens (including phenoxy) is 1. The molecular weight excluding hydrogens is 245 g/mol. The summed E-state index contributed by atoms with van der Waals surface area (Å²) in [6, 6.07) is 0. The number of halogens is 3. The first-order chi connectivity index (χ1) is 8.53. The molecule has 0 aromatic carbocycles. The summed E-state index contributed by atoms with van der Waals surface area (Å²) in [5.74, 6) is 0.341. The Morgan fingerprint density at radius 2 is 2.06 bits per heavy atom. The van der Waals surface area contributed by atoms with E-state index in [1.807, 2.05) is 0 Å². The third kappa shape index (κ3) is 4.74. The smallest absolute Gasteiger partial charge is 0.377 e. The third-order valence-corrected chi connectivity index (χ3v) is 3.60. The quantitative estimate of drug-likeness (QED) is 0.818. The van der Waals surface area contributed by atoms with E-state index in [0.29, 0.717) is 25.1 Å². The normalized spacial score (nSPS) is 30.2. The lowest BCUT2D eigenvalue weighted by Crippen LogP contribution is -2.35. The monoisotopic (exact) mass is 266 g/mol. The largest absolute Gasteiger partial charge is 0.401 e. The van der Waals surface area contributed by atoms with Gasteiger partial charge in [-0.05, 0) is 38.3 Å². The van der Waals surface area contributed by atoms with Crippen LogP contribution in [0.1, 0.15) is 19.3 Å². The maximum atomic E-state index is 12.2. The van der Waals surface area contributed by atoms with Gasteiger partial charge < -0.3 is 10.1 Å². The van der Waals surface area contributed by atoms with E-state index >= 15 is 0 Å². The Morgan fingerprint density at radius 1 is 1.22 bits per heavy atom. The molecule has 18 heavy (non-hydrogen) atoms. The van der Waals surface area contributed by atoms with E-state index in [0.717, 1.165) is 39.0 Å². The molecule has 0 radical (unpaired) electrons. The van der Waals surface area contributed by atoms with E-state index in [4.69, 9.17) is 4.74 Å². The highest BCUT2D eigenvalue weighted by Gasteiger charge is 2.34. The van der Waals surface area contributed by atoms with Crippen molar-refractivity contribution < 1.29 is 17.9 Å². The zero-order chi connectivity index (χ0) is 13.0. The number of nitrogens with zero attached hydrogens (tertiary/aromatic N) is 1. The molecule has 3 nitrogen and oxygen atoms in total. The molecule has 2 fully saturated rings. The van der Waals surface area contributed by atoms with Crippen molar-refractivity contribution in [3.05, 3.63) is 0 Å². The van der Waals surface area contributed by atoms with Gasteiger partial charge in [0.2, 0.25) is 0 Å². The highest BCUT2D eigenvalue weighted by Crippen LogP contribution is 2.22. The van der Waals surface area contributed by atoms with Gasteiger partial charge in [-0.3, -0.25) is 4.90 Å². The summed E-state index contributed by atoms with van der Waals surface area (Å²) < 4.78 is 42.1. The standard InChI is InChI=1S/C12H21F3N2O/c13-12(14,15)9-17-4-3-10(8-17)6-16-7-11-2-1-5-18-11/h10-11,16H,1-9H2. The van der Waals surface area contributed by atoms with Gasteiger partial charge in [0.05, 0.1) is 12.6 Å². The topological polar surface area (TPSA) is 24.5 Å². The van der Waals surface area contributed by atoms with Crippen molar-refractivity contribution in [2.45, 2.75) is 31.5 Å². The van der Waals surface area contributed by atoms with Gasteiger partial charge in [-0.25, -0.2) is 0 Å². The van der Waals surface area contributed by atoms with Crippen LogP contribution < -0.4 is 5.32 Å². The number of hydrogen-bond donors (Lipinski definition) is 1. The second kappa shape index (κ2) is 6.21. The maximum absolute atomic E-state index is 12.2. The Kier molecular flexibility index (Phi) is 4.86. The van der Waals surface area contributed by atoms with Crippen LogP contribution in [0.25, 0.3) is 0 Å². The number of rotatable bonds is 5. The SMILES string of the molecule is FC(F)(F)CN1CCC(CNCC2CCCO2)C1. The summed E-state index contributed by atoms with van der Waals surface area (Å²) in [5, 5.41) is 3.32. The van der Waals surface area contributed by atoms with E-state index in [9.17, 15) is 13.2 Å². The summed E-state index contributed by atoms with van der Waals surface area (Å²) in [5.41, 5.74) is 0. The van der Waals surface area contributed by atoms with E-state index < -0.39 is 12.7 Å².